The summed E-state index contributed by atoms with van der Waals surface area (Å²) >= 11 is 6.09. The third-order valence-corrected chi connectivity index (χ3v) is 5.89. The molecule has 116 valence electrons. The molecule has 0 aromatic carbocycles. The van der Waals surface area contributed by atoms with Gasteiger partial charge in [0.15, 0.2) is 9.84 Å². The van der Waals surface area contributed by atoms with Crippen molar-refractivity contribution >= 4 is 33.4 Å². The second kappa shape index (κ2) is 5.81. The molecule has 21 heavy (non-hydrogen) atoms. The number of nitrogens with zero attached hydrogens (tertiary/aromatic N) is 3. The number of aromatic nitrogens is 2. The van der Waals surface area contributed by atoms with Gasteiger partial charge in [0, 0.05) is 31.8 Å². The van der Waals surface area contributed by atoms with Crippen molar-refractivity contribution in [2.75, 3.05) is 18.6 Å². The minimum Gasteiger partial charge on any atom is -0.338 e. The molecule has 8 heteroatoms. The summed E-state index contributed by atoms with van der Waals surface area (Å²) in [5.41, 5.74) is 1.43. The van der Waals surface area contributed by atoms with Crippen molar-refractivity contribution in [2.24, 2.45) is 7.05 Å². The number of amides is 1. The van der Waals surface area contributed by atoms with Gasteiger partial charge in [-0.25, -0.2) is 8.42 Å². The lowest BCUT2D eigenvalue weighted by atomic mass is 10.2. The Morgan fingerprint density at radius 1 is 1.52 bits per heavy atom. The molecule has 1 unspecified atom stereocenters. The number of likely N-dealkylation sites (N-methyl/N-ethyl adjacent to an activating group) is 1. The van der Waals surface area contributed by atoms with Crippen LogP contribution in [0.25, 0.3) is 6.08 Å². The monoisotopic (exact) mass is 331 g/mol. The first-order valence-electron chi connectivity index (χ1n) is 6.55. The lowest BCUT2D eigenvalue weighted by Crippen LogP contribution is -2.36. The molecule has 0 aliphatic carbocycles. The Bertz CT molecular complexity index is 694. The van der Waals surface area contributed by atoms with E-state index >= 15 is 0 Å². The van der Waals surface area contributed by atoms with Gasteiger partial charge in [0.2, 0.25) is 5.91 Å². The minimum absolute atomic E-state index is 0.0375. The lowest BCUT2D eigenvalue weighted by molar-refractivity contribution is -0.126. The van der Waals surface area contributed by atoms with Gasteiger partial charge in [-0.05, 0) is 19.4 Å². The topological polar surface area (TPSA) is 72.3 Å². The first-order valence-corrected chi connectivity index (χ1v) is 8.75. The SMILES string of the molecule is Cc1nn(C)c(Cl)c1/C=C/C(=O)N(C)C1CCS(=O)(=O)C1. The van der Waals surface area contributed by atoms with E-state index in [2.05, 4.69) is 5.10 Å². The number of rotatable bonds is 3. The van der Waals surface area contributed by atoms with E-state index in [1.54, 1.807) is 20.2 Å². The van der Waals surface area contributed by atoms with Crippen molar-refractivity contribution < 1.29 is 13.2 Å². The third kappa shape index (κ3) is 3.47. The smallest absolute Gasteiger partial charge is 0.246 e. The number of sulfone groups is 1. The van der Waals surface area contributed by atoms with E-state index in [0.29, 0.717) is 17.1 Å². The van der Waals surface area contributed by atoms with Gasteiger partial charge in [0.05, 0.1) is 17.2 Å². The number of carbonyl (C=O) groups excluding carboxylic acids is 1. The van der Waals surface area contributed by atoms with Crippen LogP contribution in [-0.2, 0) is 21.7 Å². The Morgan fingerprint density at radius 3 is 2.67 bits per heavy atom. The molecule has 0 spiro atoms. The van der Waals surface area contributed by atoms with Crippen molar-refractivity contribution in [2.45, 2.75) is 19.4 Å². The zero-order valence-corrected chi connectivity index (χ0v) is 13.8. The van der Waals surface area contributed by atoms with Gasteiger partial charge in [-0.3, -0.25) is 9.48 Å². The summed E-state index contributed by atoms with van der Waals surface area (Å²) in [6.45, 7) is 1.81. The molecule has 1 atom stereocenters. The van der Waals surface area contributed by atoms with Gasteiger partial charge in [-0.1, -0.05) is 11.6 Å². The van der Waals surface area contributed by atoms with Crippen LogP contribution in [0.3, 0.4) is 0 Å². The van der Waals surface area contributed by atoms with Crippen LogP contribution in [0.5, 0.6) is 0 Å². The Balaban J connectivity index is 2.09. The normalized spacial score (nSPS) is 21.0. The average molecular weight is 332 g/mol. The van der Waals surface area contributed by atoms with Crippen molar-refractivity contribution in [3.63, 3.8) is 0 Å². The predicted octanol–water partition coefficient (Wildman–Crippen LogP) is 1.04. The van der Waals surface area contributed by atoms with Crippen LogP contribution in [-0.4, -0.2) is 53.6 Å². The standard InChI is InChI=1S/C13H18ClN3O3S/c1-9-11(13(14)17(3)15-9)4-5-12(18)16(2)10-6-7-21(19,20)8-10/h4-5,10H,6-8H2,1-3H3/b5-4+. The van der Waals surface area contributed by atoms with Gasteiger partial charge in [-0.15, -0.1) is 0 Å². The molecule has 1 aromatic rings. The summed E-state index contributed by atoms with van der Waals surface area (Å²) in [7, 11) is 0.343. The molecule has 0 radical (unpaired) electrons. The minimum atomic E-state index is -3.00. The van der Waals surface area contributed by atoms with E-state index in [-0.39, 0.29) is 23.5 Å². The fourth-order valence-electron chi connectivity index (χ4n) is 2.37. The number of hydrogen-bond acceptors (Lipinski definition) is 4. The first kappa shape index (κ1) is 16.0. The lowest BCUT2D eigenvalue weighted by Gasteiger charge is -2.21. The van der Waals surface area contributed by atoms with Crippen LogP contribution in [0.1, 0.15) is 17.7 Å². The number of aryl methyl sites for hydroxylation is 2. The largest absolute Gasteiger partial charge is 0.338 e. The molecule has 2 rings (SSSR count). The van der Waals surface area contributed by atoms with Crippen LogP contribution < -0.4 is 0 Å². The molecule has 6 nitrogen and oxygen atoms in total. The zero-order valence-electron chi connectivity index (χ0n) is 12.2. The highest BCUT2D eigenvalue weighted by atomic mass is 35.5. The van der Waals surface area contributed by atoms with E-state index in [1.165, 1.54) is 15.7 Å². The molecule has 1 saturated heterocycles. The summed E-state index contributed by atoms with van der Waals surface area (Å²) in [6.07, 6.45) is 3.51. The van der Waals surface area contributed by atoms with Crippen molar-refractivity contribution in [1.29, 1.82) is 0 Å². The van der Waals surface area contributed by atoms with Gasteiger partial charge in [-0.2, -0.15) is 5.10 Å². The van der Waals surface area contributed by atoms with Crippen LogP contribution >= 0.6 is 11.6 Å². The second-order valence-corrected chi connectivity index (χ2v) is 7.84. The molecule has 0 bridgehead atoms. The fraction of sp³-hybridized carbons (Fsp3) is 0.538. The van der Waals surface area contributed by atoms with Crippen molar-refractivity contribution in [3.8, 4) is 0 Å². The first-order chi connectivity index (χ1) is 9.71. The molecular weight excluding hydrogens is 314 g/mol. The van der Waals surface area contributed by atoms with Gasteiger partial charge >= 0.3 is 0 Å². The van der Waals surface area contributed by atoms with E-state index in [4.69, 9.17) is 11.6 Å². The summed E-state index contributed by atoms with van der Waals surface area (Å²) in [4.78, 5) is 13.6. The van der Waals surface area contributed by atoms with E-state index in [9.17, 15) is 13.2 Å². The maximum absolute atomic E-state index is 12.1. The van der Waals surface area contributed by atoms with Crippen LogP contribution in [0.2, 0.25) is 5.15 Å². The average Bonchev–Trinajstić information content (AvgIpc) is 2.87. The van der Waals surface area contributed by atoms with Crippen LogP contribution in [0.4, 0.5) is 0 Å². The van der Waals surface area contributed by atoms with E-state index < -0.39 is 9.84 Å². The van der Waals surface area contributed by atoms with Crippen molar-refractivity contribution in [3.05, 3.63) is 22.5 Å². The maximum Gasteiger partial charge on any atom is 0.246 e. The molecule has 0 saturated carbocycles. The van der Waals surface area contributed by atoms with Crippen molar-refractivity contribution in [1.82, 2.24) is 14.7 Å². The summed E-state index contributed by atoms with van der Waals surface area (Å²) in [6, 6.07) is -0.252. The molecule has 1 amide bonds. The summed E-state index contributed by atoms with van der Waals surface area (Å²) in [5, 5.41) is 4.62. The Hall–Kier alpha value is -1.34. The Labute approximate surface area is 129 Å². The number of hydrogen-bond donors (Lipinski definition) is 0. The van der Waals surface area contributed by atoms with Gasteiger partial charge < -0.3 is 4.90 Å². The maximum atomic E-state index is 12.1. The molecule has 1 fully saturated rings. The predicted molar refractivity (Wildman–Crippen MR) is 81.8 cm³/mol. The number of carbonyl (C=O) groups is 1. The zero-order chi connectivity index (χ0) is 15.8. The van der Waals surface area contributed by atoms with Crippen LogP contribution in [0.15, 0.2) is 6.08 Å². The fourth-order valence-corrected chi connectivity index (χ4v) is 4.38. The van der Waals surface area contributed by atoms with Gasteiger partial charge in [0.25, 0.3) is 0 Å². The Morgan fingerprint density at radius 2 is 2.19 bits per heavy atom. The molecule has 1 aliphatic heterocycles. The Kier molecular flexibility index (Phi) is 4.43. The van der Waals surface area contributed by atoms with E-state index in [1.807, 2.05) is 6.92 Å². The van der Waals surface area contributed by atoms with Crippen LogP contribution in [0, 0.1) is 6.92 Å². The summed E-state index contributed by atoms with van der Waals surface area (Å²) < 4.78 is 24.4. The van der Waals surface area contributed by atoms with Gasteiger partial charge in [0.1, 0.15) is 5.15 Å². The quantitative estimate of drug-likeness (QED) is 0.776. The molecule has 0 N–H and O–H groups in total. The summed E-state index contributed by atoms with van der Waals surface area (Å²) in [5.74, 6) is -0.0566. The highest BCUT2D eigenvalue weighted by molar-refractivity contribution is 7.91. The highest BCUT2D eigenvalue weighted by Crippen LogP contribution is 2.21. The highest BCUT2D eigenvalue weighted by Gasteiger charge is 2.32. The third-order valence-electron chi connectivity index (χ3n) is 3.69. The molecular formula is C13H18ClN3O3S. The second-order valence-electron chi connectivity index (χ2n) is 5.25. The molecule has 2 heterocycles. The number of halogens is 1. The molecule has 1 aromatic heterocycles. The van der Waals surface area contributed by atoms with E-state index in [0.717, 1.165) is 5.69 Å². The molecule has 1 aliphatic rings.